The van der Waals surface area contributed by atoms with Crippen LogP contribution in [0.5, 0.6) is 0 Å². The molecule has 0 spiro atoms. The minimum Gasteiger partial charge on any atom is -0.481 e. The number of carbonyl (C=O) groups is 1. The highest BCUT2D eigenvalue weighted by Crippen LogP contribution is 2.25. The van der Waals surface area contributed by atoms with Crippen LogP contribution in [0.2, 0.25) is 0 Å². The van der Waals surface area contributed by atoms with Gasteiger partial charge in [0, 0.05) is 17.0 Å². The molecule has 3 nitrogen and oxygen atoms in total. The SMILES string of the molecule is CC(C(=O)O)c1cc2ccoc2cc1F. The van der Waals surface area contributed by atoms with Crippen LogP contribution in [-0.4, -0.2) is 11.1 Å². The van der Waals surface area contributed by atoms with Crippen LogP contribution in [0.4, 0.5) is 4.39 Å². The first kappa shape index (κ1) is 9.71. The Morgan fingerprint density at radius 2 is 2.27 bits per heavy atom. The first-order valence-corrected chi connectivity index (χ1v) is 4.49. The van der Waals surface area contributed by atoms with E-state index in [1.807, 2.05) is 0 Å². The largest absolute Gasteiger partial charge is 0.481 e. The van der Waals surface area contributed by atoms with Gasteiger partial charge in [-0.15, -0.1) is 0 Å². The molecule has 0 aliphatic heterocycles. The Kier molecular flexibility index (Phi) is 2.19. The van der Waals surface area contributed by atoms with Gasteiger partial charge in [0.1, 0.15) is 11.4 Å². The molecule has 0 aliphatic carbocycles. The van der Waals surface area contributed by atoms with E-state index < -0.39 is 17.7 Å². The molecule has 1 unspecified atom stereocenters. The third-order valence-electron chi connectivity index (χ3n) is 2.41. The molecule has 1 atom stereocenters. The minimum absolute atomic E-state index is 0.177. The van der Waals surface area contributed by atoms with Gasteiger partial charge in [0.05, 0.1) is 12.2 Å². The summed E-state index contributed by atoms with van der Waals surface area (Å²) < 4.78 is 18.5. The van der Waals surface area contributed by atoms with Crippen LogP contribution in [-0.2, 0) is 4.79 Å². The number of halogens is 1. The Balaban J connectivity index is 2.59. The second kappa shape index (κ2) is 3.38. The van der Waals surface area contributed by atoms with E-state index in [1.54, 1.807) is 6.07 Å². The third kappa shape index (κ3) is 1.58. The van der Waals surface area contributed by atoms with Crippen molar-refractivity contribution in [3.63, 3.8) is 0 Å². The zero-order valence-corrected chi connectivity index (χ0v) is 8.03. The van der Waals surface area contributed by atoms with E-state index in [0.717, 1.165) is 0 Å². The van der Waals surface area contributed by atoms with E-state index in [1.165, 1.54) is 25.3 Å². The van der Waals surface area contributed by atoms with Gasteiger partial charge in [-0.3, -0.25) is 4.79 Å². The number of hydrogen-bond acceptors (Lipinski definition) is 2. The number of benzene rings is 1. The summed E-state index contributed by atoms with van der Waals surface area (Å²) in [5.41, 5.74) is 0.602. The molecule has 2 aromatic rings. The average Bonchev–Trinajstić information content (AvgIpc) is 2.62. The van der Waals surface area contributed by atoms with Gasteiger partial charge in [0.2, 0.25) is 0 Å². The summed E-state index contributed by atoms with van der Waals surface area (Å²) in [6.07, 6.45) is 1.44. The zero-order valence-electron chi connectivity index (χ0n) is 8.03. The van der Waals surface area contributed by atoms with Crippen LogP contribution < -0.4 is 0 Å². The van der Waals surface area contributed by atoms with Crippen molar-refractivity contribution in [2.24, 2.45) is 0 Å². The molecule has 0 amide bonds. The van der Waals surface area contributed by atoms with Crippen molar-refractivity contribution >= 4 is 16.9 Å². The molecule has 0 aliphatic rings. The molecule has 1 aromatic carbocycles. The highest BCUT2D eigenvalue weighted by atomic mass is 19.1. The van der Waals surface area contributed by atoms with Crippen molar-refractivity contribution < 1.29 is 18.7 Å². The minimum atomic E-state index is -1.04. The Morgan fingerprint density at radius 3 is 2.93 bits per heavy atom. The van der Waals surface area contributed by atoms with Gasteiger partial charge in [-0.05, 0) is 19.1 Å². The normalized spacial score (nSPS) is 12.9. The number of hydrogen-bond donors (Lipinski definition) is 1. The van der Waals surface area contributed by atoms with Gasteiger partial charge in [-0.2, -0.15) is 0 Å². The lowest BCUT2D eigenvalue weighted by molar-refractivity contribution is -0.138. The van der Waals surface area contributed by atoms with Crippen LogP contribution in [0.15, 0.2) is 28.9 Å². The van der Waals surface area contributed by atoms with Crippen LogP contribution in [0.25, 0.3) is 11.0 Å². The summed E-state index contributed by atoms with van der Waals surface area (Å²) in [5, 5.41) is 9.50. The van der Waals surface area contributed by atoms with Gasteiger partial charge < -0.3 is 9.52 Å². The van der Waals surface area contributed by atoms with Crippen molar-refractivity contribution in [1.29, 1.82) is 0 Å². The smallest absolute Gasteiger partial charge is 0.310 e. The number of carboxylic acids is 1. The summed E-state index contributed by atoms with van der Waals surface area (Å²) >= 11 is 0. The fourth-order valence-corrected chi connectivity index (χ4v) is 1.47. The highest BCUT2D eigenvalue weighted by molar-refractivity contribution is 5.82. The van der Waals surface area contributed by atoms with Gasteiger partial charge >= 0.3 is 5.97 Å². The topological polar surface area (TPSA) is 50.4 Å². The molecule has 1 N–H and O–H groups in total. The number of fused-ring (bicyclic) bond motifs is 1. The average molecular weight is 208 g/mol. The quantitative estimate of drug-likeness (QED) is 0.825. The maximum absolute atomic E-state index is 13.5. The Bertz CT molecular complexity index is 516. The fourth-order valence-electron chi connectivity index (χ4n) is 1.47. The van der Waals surface area contributed by atoms with E-state index in [4.69, 9.17) is 9.52 Å². The van der Waals surface area contributed by atoms with Crippen molar-refractivity contribution in [2.75, 3.05) is 0 Å². The third-order valence-corrected chi connectivity index (χ3v) is 2.41. The molecule has 0 saturated carbocycles. The maximum atomic E-state index is 13.5. The predicted molar refractivity (Wildman–Crippen MR) is 52.2 cm³/mol. The zero-order chi connectivity index (χ0) is 11.0. The second-order valence-corrected chi connectivity index (χ2v) is 3.39. The van der Waals surface area contributed by atoms with Gasteiger partial charge in [-0.1, -0.05) is 0 Å². The van der Waals surface area contributed by atoms with Crippen molar-refractivity contribution in [3.05, 3.63) is 35.8 Å². The lowest BCUT2D eigenvalue weighted by Crippen LogP contribution is -2.09. The van der Waals surface area contributed by atoms with Gasteiger partial charge in [-0.25, -0.2) is 4.39 Å². The first-order valence-electron chi connectivity index (χ1n) is 4.49. The fraction of sp³-hybridized carbons (Fsp3) is 0.182. The van der Waals surface area contributed by atoms with E-state index in [2.05, 4.69) is 0 Å². The molecule has 1 aromatic heterocycles. The molecule has 4 heteroatoms. The molecule has 0 saturated heterocycles. The Morgan fingerprint density at radius 1 is 1.53 bits per heavy atom. The van der Waals surface area contributed by atoms with E-state index in [-0.39, 0.29) is 5.56 Å². The molecule has 2 rings (SSSR count). The molecule has 0 fully saturated rings. The van der Waals surface area contributed by atoms with Gasteiger partial charge in [0.25, 0.3) is 0 Å². The van der Waals surface area contributed by atoms with Crippen molar-refractivity contribution in [1.82, 2.24) is 0 Å². The second-order valence-electron chi connectivity index (χ2n) is 3.39. The van der Waals surface area contributed by atoms with Crippen LogP contribution >= 0.6 is 0 Å². The molecular formula is C11H9FO3. The highest BCUT2D eigenvalue weighted by Gasteiger charge is 2.18. The molecular weight excluding hydrogens is 199 g/mol. The van der Waals surface area contributed by atoms with Gasteiger partial charge in [0.15, 0.2) is 0 Å². The van der Waals surface area contributed by atoms with Crippen LogP contribution in [0.1, 0.15) is 18.4 Å². The van der Waals surface area contributed by atoms with Crippen molar-refractivity contribution in [2.45, 2.75) is 12.8 Å². The number of aliphatic carboxylic acids is 1. The van der Waals surface area contributed by atoms with E-state index in [9.17, 15) is 9.18 Å². The molecule has 15 heavy (non-hydrogen) atoms. The van der Waals surface area contributed by atoms with Crippen LogP contribution in [0.3, 0.4) is 0 Å². The van der Waals surface area contributed by atoms with Crippen LogP contribution in [0, 0.1) is 5.82 Å². The standard InChI is InChI=1S/C11H9FO3/c1-6(11(13)14)8-4-7-2-3-15-10(7)5-9(8)12/h2-6H,1H3,(H,13,14). The summed E-state index contributed by atoms with van der Waals surface area (Å²) in [4.78, 5) is 10.7. The molecule has 0 bridgehead atoms. The first-order chi connectivity index (χ1) is 7.09. The van der Waals surface area contributed by atoms with E-state index >= 15 is 0 Å². The summed E-state index contributed by atoms with van der Waals surface area (Å²) in [6, 6.07) is 4.39. The lowest BCUT2D eigenvalue weighted by atomic mass is 9.99. The van der Waals surface area contributed by atoms with Crippen molar-refractivity contribution in [3.8, 4) is 0 Å². The maximum Gasteiger partial charge on any atom is 0.310 e. The predicted octanol–water partition coefficient (Wildman–Crippen LogP) is 2.76. The summed E-state index contributed by atoms with van der Waals surface area (Å²) in [6.45, 7) is 1.45. The number of carboxylic acid groups (broad SMARTS) is 1. The lowest BCUT2D eigenvalue weighted by Gasteiger charge is -2.07. The molecule has 1 heterocycles. The van der Waals surface area contributed by atoms with E-state index in [0.29, 0.717) is 11.0 Å². The molecule has 0 radical (unpaired) electrons. The monoisotopic (exact) mass is 208 g/mol. The number of rotatable bonds is 2. The molecule has 78 valence electrons. The Hall–Kier alpha value is -1.84. The number of furan rings is 1. The summed E-state index contributed by atoms with van der Waals surface area (Å²) in [7, 11) is 0. The Labute approximate surface area is 85.1 Å². The summed E-state index contributed by atoms with van der Waals surface area (Å²) in [5.74, 6) is -2.45.